The number of rotatable bonds is 2. The van der Waals surface area contributed by atoms with Crippen LogP contribution < -0.4 is 0 Å². The van der Waals surface area contributed by atoms with E-state index in [1.54, 1.807) is 0 Å². The predicted octanol–water partition coefficient (Wildman–Crippen LogP) is 0.822. The molecule has 1 aliphatic carbocycles. The van der Waals surface area contributed by atoms with Crippen LogP contribution in [0.15, 0.2) is 0 Å². The number of carbonyl (C=O) groups is 1. The van der Waals surface area contributed by atoms with Crippen LogP contribution in [0.5, 0.6) is 0 Å². The molecule has 3 nitrogen and oxygen atoms in total. The van der Waals surface area contributed by atoms with Crippen LogP contribution in [0.25, 0.3) is 0 Å². The van der Waals surface area contributed by atoms with Gasteiger partial charge in [-0.15, -0.1) is 0 Å². The van der Waals surface area contributed by atoms with E-state index in [0.29, 0.717) is 13.0 Å². The highest BCUT2D eigenvalue weighted by Gasteiger charge is 2.45. The van der Waals surface area contributed by atoms with Crippen molar-refractivity contribution in [2.45, 2.75) is 42.9 Å². The standard InChI is InChI=1S/C10H17NO2S/c12-7-10(3-1-2-4-10)11-6-8(14)5-9(11)13/h8,12,14H,1-7H2. The Labute approximate surface area is 89.9 Å². The summed E-state index contributed by atoms with van der Waals surface area (Å²) in [5.41, 5.74) is -0.242. The third-order valence-electron chi connectivity index (χ3n) is 3.51. The van der Waals surface area contributed by atoms with Crippen LogP contribution in [-0.4, -0.2) is 39.9 Å². The molecule has 14 heavy (non-hydrogen) atoms. The Morgan fingerprint density at radius 3 is 2.57 bits per heavy atom. The molecule has 0 bridgehead atoms. The van der Waals surface area contributed by atoms with Gasteiger partial charge in [-0.1, -0.05) is 12.8 Å². The normalized spacial score (nSPS) is 31.4. The van der Waals surface area contributed by atoms with Crippen LogP contribution in [-0.2, 0) is 4.79 Å². The molecule has 1 saturated carbocycles. The van der Waals surface area contributed by atoms with Crippen molar-refractivity contribution in [2.75, 3.05) is 13.2 Å². The molecule has 1 atom stereocenters. The molecule has 2 rings (SSSR count). The van der Waals surface area contributed by atoms with E-state index < -0.39 is 0 Å². The highest BCUT2D eigenvalue weighted by molar-refractivity contribution is 7.81. The molecule has 0 aromatic heterocycles. The molecule has 1 heterocycles. The molecule has 2 aliphatic rings. The monoisotopic (exact) mass is 215 g/mol. The number of aliphatic hydroxyl groups is 1. The molecule has 2 fully saturated rings. The van der Waals surface area contributed by atoms with E-state index in [0.717, 1.165) is 25.7 Å². The van der Waals surface area contributed by atoms with Crippen LogP contribution in [0, 0.1) is 0 Å². The van der Waals surface area contributed by atoms with Gasteiger partial charge in [0.25, 0.3) is 0 Å². The summed E-state index contributed by atoms with van der Waals surface area (Å²) in [5.74, 6) is 0.168. The van der Waals surface area contributed by atoms with Gasteiger partial charge in [-0.3, -0.25) is 4.79 Å². The van der Waals surface area contributed by atoms with Gasteiger partial charge in [-0.05, 0) is 12.8 Å². The minimum absolute atomic E-state index is 0.110. The number of aliphatic hydroxyl groups excluding tert-OH is 1. The fourth-order valence-electron chi connectivity index (χ4n) is 2.69. The van der Waals surface area contributed by atoms with Gasteiger partial charge in [-0.2, -0.15) is 12.6 Å². The lowest BCUT2D eigenvalue weighted by Gasteiger charge is -2.37. The van der Waals surface area contributed by atoms with Crippen molar-refractivity contribution in [3.63, 3.8) is 0 Å². The SMILES string of the molecule is O=C1CC(S)CN1C1(CO)CCCC1. The summed E-state index contributed by atoms with van der Waals surface area (Å²) in [4.78, 5) is 13.6. The molecule has 1 unspecified atom stereocenters. The second kappa shape index (κ2) is 3.74. The van der Waals surface area contributed by atoms with Crippen LogP contribution in [0.4, 0.5) is 0 Å². The van der Waals surface area contributed by atoms with Crippen molar-refractivity contribution in [3.05, 3.63) is 0 Å². The van der Waals surface area contributed by atoms with Crippen molar-refractivity contribution in [2.24, 2.45) is 0 Å². The lowest BCUT2D eigenvalue weighted by molar-refractivity contribution is -0.134. The predicted molar refractivity (Wildman–Crippen MR) is 57.4 cm³/mol. The van der Waals surface area contributed by atoms with Gasteiger partial charge < -0.3 is 10.0 Å². The molecule has 80 valence electrons. The minimum Gasteiger partial charge on any atom is -0.394 e. The molecular weight excluding hydrogens is 198 g/mol. The van der Waals surface area contributed by atoms with Gasteiger partial charge in [0.1, 0.15) is 0 Å². The summed E-state index contributed by atoms with van der Waals surface area (Å²) in [6, 6.07) is 0. The number of hydrogen-bond donors (Lipinski definition) is 2. The summed E-state index contributed by atoms with van der Waals surface area (Å²) >= 11 is 4.34. The van der Waals surface area contributed by atoms with E-state index in [9.17, 15) is 9.90 Å². The number of thiol groups is 1. The Morgan fingerprint density at radius 1 is 1.50 bits per heavy atom. The lowest BCUT2D eigenvalue weighted by Crippen LogP contribution is -2.50. The van der Waals surface area contributed by atoms with Gasteiger partial charge >= 0.3 is 0 Å². The molecule has 0 radical (unpaired) electrons. The van der Waals surface area contributed by atoms with Gasteiger partial charge in [0.2, 0.25) is 5.91 Å². The van der Waals surface area contributed by atoms with Crippen LogP contribution in [0.1, 0.15) is 32.1 Å². The van der Waals surface area contributed by atoms with Crippen molar-refractivity contribution in [1.29, 1.82) is 0 Å². The van der Waals surface area contributed by atoms with E-state index in [-0.39, 0.29) is 23.3 Å². The first kappa shape index (κ1) is 10.3. The zero-order valence-electron chi connectivity index (χ0n) is 8.28. The fourth-order valence-corrected chi connectivity index (χ4v) is 3.01. The van der Waals surface area contributed by atoms with Gasteiger partial charge in [0.05, 0.1) is 12.1 Å². The highest BCUT2D eigenvalue weighted by atomic mass is 32.1. The number of amides is 1. The first-order valence-electron chi connectivity index (χ1n) is 5.27. The third-order valence-corrected chi connectivity index (χ3v) is 3.85. The average molecular weight is 215 g/mol. The van der Waals surface area contributed by atoms with Crippen molar-refractivity contribution in [1.82, 2.24) is 4.90 Å². The molecule has 1 amide bonds. The molecule has 4 heteroatoms. The topological polar surface area (TPSA) is 40.5 Å². The smallest absolute Gasteiger partial charge is 0.224 e. The first-order valence-corrected chi connectivity index (χ1v) is 5.79. The second-order valence-corrected chi connectivity index (χ2v) is 5.18. The quantitative estimate of drug-likeness (QED) is 0.670. The van der Waals surface area contributed by atoms with Crippen molar-refractivity contribution < 1.29 is 9.90 Å². The molecule has 1 saturated heterocycles. The Balaban J connectivity index is 2.15. The maximum Gasteiger partial charge on any atom is 0.224 e. The largest absolute Gasteiger partial charge is 0.394 e. The molecular formula is C10H17NO2S. The Bertz CT molecular complexity index is 238. The number of carbonyl (C=O) groups excluding carboxylic acids is 1. The van der Waals surface area contributed by atoms with E-state index in [1.807, 2.05) is 4.90 Å². The molecule has 1 aliphatic heterocycles. The van der Waals surface area contributed by atoms with Crippen LogP contribution >= 0.6 is 12.6 Å². The Kier molecular flexibility index (Phi) is 2.75. The minimum atomic E-state index is -0.242. The van der Waals surface area contributed by atoms with Gasteiger partial charge in [0, 0.05) is 18.2 Å². The fraction of sp³-hybridized carbons (Fsp3) is 0.900. The van der Waals surface area contributed by atoms with Gasteiger partial charge in [-0.25, -0.2) is 0 Å². The number of nitrogens with zero attached hydrogens (tertiary/aromatic N) is 1. The molecule has 0 spiro atoms. The van der Waals surface area contributed by atoms with Gasteiger partial charge in [0.15, 0.2) is 0 Å². The Hall–Kier alpha value is -0.220. The zero-order chi connectivity index (χ0) is 10.2. The van der Waals surface area contributed by atoms with Crippen molar-refractivity contribution in [3.8, 4) is 0 Å². The maximum absolute atomic E-state index is 11.7. The third kappa shape index (κ3) is 1.54. The van der Waals surface area contributed by atoms with E-state index in [2.05, 4.69) is 12.6 Å². The molecule has 0 aromatic carbocycles. The highest BCUT2D eigenvalue weighted by Crippen LogP contribution is 2.38. The maximum atomic E-state index is 11.7. The van der Waals surface area contributed by atoms with E-state index >= 15 is 0 Å². The summed E-state index contributed by atoms with van der Waals surface area (Å²) in [6.07, 6.45) is 4.69. The number of likely N-dealkylation sites (tertiary alicyclic amines) is 1. The molecule has 0 aromatic rings. The summed E-state index contributed by atoms with van der Waals surface area (Å²) in [5, 5.41) is 9.62. The van der Waals surface area contributed by atoms with Crippen molar-refractivity contribution >= 4 is 18.5 Å². The van der Waals surface area contributed by atoms with E-state index in [4.69, 9.17) is 0 Å². The Morgan fingerprint density at radius 2 is 2.14 bits per heavy atom. The van der Waals surface area contributed by atoms with Crippen LogP contribution in [0.3, 0.4) is 0 Å². The zero-order valence-corrected chi connectivity index (χ0v) is 9.17. The summed E-state index contributed by atoms with van der Waals surface area (Å²) in [7, 11) is 0. The summed E-state index contributed by atoms with van der Waals surface area (Å²) < 4.78 is 0. The first-order chi connectivity index (χ1) is 6.68. The molecule has 1 N–H and O–H groups in total. The number of hydrogen-bond acceptors (Lipinski definition) is 3. The van der Waals surface area contributed by atoms with E-state index in [1.165, 1.54) is 0 Å². The lowest BCUT2D eigenvalue weighted by atomic mass is 9.97. The second-order valence-electron chi connectivity index (χ2n) is 4.45. The average Bonchev–Trinajstić information content (AvgIpc) is 2.73. The summed E-state index contributed by atoms with van der Waals surface area (Å²) in [6.45, 7) is 0.821. The van der Waals surface area contributed by atoms with Crippen LogP contribution in [0.2, 0.25) is 0 Å².